The molecule has 6 heteroatoms. The normalized spacial score (nSPS) is 10.3. The lowest BCUT2D eigenvalue weighted by molar-refractivity contribution is -0.118. The Balaban J connectivity index is 1.65. The predicted molar refractivity (Wildman–Crippen MR) is 76.8 cm³/mol. The number of nitrogens with zero attached hydrogens (tertiary/aromatic N) is 2. The number of rotatable bonds is 6. The van der Waals surface area contributed by atoms with Gasteiger partial charge in [-0.05, 0) is 12.1 Å². The van der Waals surface area contributed by atoms with Gasteiger partial charge in [0.25, 0.3) is 0 Å². The third-order valence-corrected chi connectivity index (χ3v) is 3.44. The molecule has 0 fully saturated rings. The van der Waals surface area contributed by atoms with E-state index >= 15 is 0 Å². The van der Waals surface area contributed by atoms with Crippen molar-refractivity contribution in [3.8, 4) is 0 Å². The fourth-order valence-corrected chi connectivity index (χ4v) is 2.28. The number of amides is 1. The summed E-state index contributed by atoms with van der Waals surface area (Å²) >= 11 is 1.52. The summed E-state index contributed by atoms with van der Waals surface area (Å²) < 4.78 is 1.71. The average Bonchev–Trinajstić information content (AvgIpc) is 2.83. The minimum Gasteiger partial charge on any atom is -0.396 e. The molecule has 19 heavy (non-hydrogen) atoms. The lowest BCUT2D eigenvalue weighted by Gasteiger charge is -2.05. The van der Waals surface area contributed by atoms with Crippen molar-refractivity contribution in [1.82, 2.24) is 15.1 Å². The highest BCUT2D eigenvalue weighted by molar-refractivity contribution is 8.00. The molecule has 2 aromatic rings. The van der Waals surface area contributed by atoms with Crippen molar-refractivity contribution < 1.29 is 4.79 Å². The Kier molecular flexibility index (Phi) is 4.85. The number of hydrogen-bond donors (Lipinski definition) is 2. The van der Waals surface area contributed by atoms with Crippen LogP contribution in [0.15, 0.2) is 47.6 Å². The number of nitrogens with one attached hydrogen (secondary N) is 1. The van der Waals surface area contributed by atoms with E-state index < -0.39 is 0 Å². The summed E-state index contributed by atoms with van der Waals surface area (Å²) in [6.07, 6.45) is 3.33. The smallest absolute Gasteiger partial charge is 0.230 e. The van der Waals surface area contributed by atoms with Crippen molar-refractivity contribution in [2.24, 2.45) is 0 Å². The molecule has 0 spiro atoms. The van der Waals surface area contributed by atoms with Crippen LogP contribution in [-0.2, 0) is 11.3 Å². The van der Waals surface area contributed by atoms with Crippen LogP contribution in [0.3, 0.4) is 0 Å². The van der Waals surface area contributed by atoms with Gasteiger partial charge in [0.05, 0.1) is 24.2 Å². The zero-order valence-corrected chi connectivity index (χ0v) is 11.3. The molecule has 0 aliphatic rings. The van der Waals surface area contributed by atoms with E-state index in [1.165, 1.54) is 11.8 Å². The van der Waals surface area contributed by atoms with Crippen LogP contribution in [0, 0.1) is 0 Å². The molecule has 0 atom stereocenters. The maximum Gasteiger partial charge on any atom is 0.230 e. The van der Waals surface area contributed by atoms with Gasteiger partial charge in [-0.3, -0.25) is 9.48 Å². The molecule has 0 bridgehead atoms. The summed E-state index contributed by atoms with van der Waals surface area (Å²) in [4.78, 5) is 12.7. The van der Waals surface area contributed by atoms with Crippen LogP contribution < -0.4 is 11.1 Å². The summed E-state index contributed by atoms with van der Waals surface area (Å²) in [5.41, 5.74) is 6.18. The number of carbonyl (C=O) groups is 1. The van der Waals surface area contributed by atoms with Gasteiger partial charge in [0.2, 0.25) is 5.91 Å². The van der Waals surface area contributed by atoms with Crippen molar-refractivity contribution in [3.63, 3.8) is 0 Å². The van der Waals surface area contributed by atoms with Crippen LogP contribution in [0.2, 0.25) is 0 Å². The van der Waals surface area contributed by atoms with Crippen molar-refractivity contribution in [2.45, 2.75) is 11.4 Å². The SMILES string of the molecule is Nc1cnn(CCNC(=O)CSc2ccccc2)c1. The molecular formula is C13H16N4OS. The van der Waals surface area contributed by atoms with Crippen molar-refractivity contribution in [2.75, 3.05) is 18.0 Å². The molecular weight excluding hydrogens is 260 g/mol. The van der Waals surface area contributed by atoms with E-state index in [0.717, 1.165) is 4.90 Å². The minimum absolute atomic E-state index is 0.0222. The van der Waals surface area contributed by atoms with E-state index in [4.69, 9.17) is 5.73 Å². The quantitative estimate of drug-likeness (QED) is 0.782. The molecule has 0 unspecified atom stereocenters. The third kappa shape index (κ3) is 4.67. The van der Waals surface area contributed by atoms with E-state index in [1.807, 2.05) is 30.3 Å². The first-order chi connectivity index (χ1) is 9.24. The molecule has 0 aliphatic carbocycles. The number of nitrogen functional groups attached to an aromatic ring is 1. The molecule has 1 amide bonds. The fraction of sp³-hybridized carbons (Fsp3) is 0.231. The van der Waals surface area contributed by atoms with Gasteiger partial charge in [0.15, 0.2) is 0 Å². The largest absolute Gasteiger partial charge is 0.396 e. The molecule has 100 valence electrons. The van der Waals surface area contributed by atoms with E-state index in [1.54, 1.807) is 17.1 Å². The lowest BCUT2D eigenvalue weighted by Crippen LogP contribution is -2.28. The fourth-order valence-electron chi connectivity index (χ4n) is 1.53. The zero-order valence-electron chi connectivity index (χ0n) is 10.5. The summed E-state index contributed by atoms with van der Waals surface area (Å²) in [5.74, 6) is 0.444. The van der Waals surface area contributed by atoms with E-state index in [2.05, 4.69) is 10.4 Å². The van der Waals surface area contributed by atoms with Gasteiger partial charge in [-0.1, -0.05) is 18.2 Å². The van der Waals surface area contributed by atoms with Crippen LogP contribution >= 0.6 is 11.8 Å². The standard InChI is InChI=1S/C13H16N4OS/c14-11-8-16-17(9-11)7-6-15-13(18)10-19-12-4-2-1-3-5-12/h1-5,8-9H,6-7,10,14H2,(H,15,18). The maximum absolute atomic E-state index is 11.6. The Hall–Kier alpha value is -1.95. The highest BCUT2D eigenvalue weighted by Gasteiger charge is 2.02. The van der Waals surface area contributed by atoms with Gasteiger partial charge < -0.3 is 11.1 Å². The molecule has 0 aliphatic heterocycles. The van der Waals surface area contributed by atoms with E-state index in [0.29, 0.717) is 24.5 Å². The number of thioether (sulfide) groups is 1. The Morgan fingerprint density at radius 1 is 1.37 bits per heavy atom. The molecule has 5 nitrogen and oxygen atoms in total. The van der Waals surface area contributed by atoms with Crippen LogP contribution in [0.25, 0.3) is 0 Å². The van der Waals surface area contributed by atoms with Crippen molar-refractivity contribution in [1.29, 1.82) is 0 Å². The van der Waals surface area contributed by atoms with E-state index in [9.17, 15) is 4.79 Å². The molecule has 0 radical (unpaired) electrons. The first-order valence-electron chi connectivity index (χ1n) is 5.96. The summed E-state index contributed by atoms with van der Waals surface area (Å²) in [7, 11) is 0. The number of hydrogen-bond acceptors (Lipinski definition) is 4. The van der Waals surface area contributed by atoms with Gasteiger partial charge in [0, 0.05) is 17.6 Å². The number of anilines is 1. The van der Waals surface area contributed by atoms with Crippen LogP contribution in [0.5, 0.6) is 0 Å². The van der Waals surface area contributed by atoms with Crippen LogP contribution in [0.4, 0.5) is 5.69 Å². The van der Waals surface area contributed by atoms with Gasteiger partial charge >= 0.3 is 0 Å². The second kappa shape index (κ2) is 6.84. The minimum atomic E-state index is 0.0222. The third-order valence-electron chi connectivity index (χ3n) is 2.43. The van der Waals surface area contributed by atoms with Crippen molar-refractivity contribution >= 4 is 23.4 Å². The molecule has 1 aromatic carbocycles. The summed E-state index contributed by atoms with van der Waals surface area (Å²) in [6, 6.07) is 9.86. The van der Waals surface area contributed by atoms with Gasteiger partial charge in [-0.25, -0.2) is 0 Å². The van der Waals surface area contributed by atoms with Crippen LogP contribution in [-0.4, -0.2) is 28.0 Å². The Morgan fingerprint density at radius 3 is 2.84 bits per heavy atom. The molecule has 3 N–H and O–H groups in total. The topological polar surface area (TPSA) is 72.9 Å². The Morgan fingerprint density at radius 2 is 2.16 bits per heavy atom. The average molecular weight is 276 g/mol. The Bertz CT molecular complexity index is 526. The lowest BCUT2D eigenvalue weighted by atomic mass is 10.4. The maximum atomic E-state index is 11.6. The number of aromatic nitrogens is 2. The molecule has 0 saturated heterocycles. The van der Waals surface area contributed by atoms with E-state index in [-0.39, 0.29) is 5.91 Å². The highest BCUT2D eigenvalue weighted by atomic mass is 32.2. The highest BCUT2D eigenvalue weighted by Crippen LogP contribution is 2.15. The van der Waals surface area contributed by atoms with Gasteiger partial charge in [0.1, 0.15) is 0 Å². The summed E-state index contributed by atoms with van der Waals surface area (Å²) in [6.45, 7) is 1.17. The number of carbonyl (C=O) groups excluding carboxylic acids is 1. The van der Waals surface area contributed by atoms with Gasteiger partial charge in [-0.2, -0.15) is 5.10 Å². The second-order valence-corrected chi connectivity index (χ2v) is 5.04. The number of nitrogens with two attached hydrogens (primary N) is 1. The van der Waals surface area contributed by atoms with Crippen LogP contribution in [0.1, 0.15) is 0 Å². The first-order valence-corrected chi connectivity index (χ1v) is 6.95. The Labute approximate surface area is 116 Å². The second-order valence-electron chi connectivity index (χ2n) is 3.99. The molecule has 1 heterocycles. The molecule has 0 saturated carbocycles. The predicted octanol–water partition coefficient (Wildman–Crippen LogP) is 1.37. The molecule has 2 rings (SSSR count). The van der Waals surface area contributed by atoms with Crippen molar-refractivity contribution in [3.05, 3.63) is 42.7 Å². The number of benzene rings is 1. The summed E-state index contributed by atoms with van der Waals surface area (Å²) in [5, 5.41) is 6.89. The monoisotopic (exact) mass is 276 g/mol. The van der Waals surface area contributed by atoms with Gasteiger partial charge in [-0.15, -0.1) is 11.8 Å². The first kappa shape index (κ1) is 13.5. The molecule has 1 aromatic heterocycles. The zero-order chi connectivity index (χ0) is 13.5.